The van der Waals surface area contributed by atoms with Crippen LogP contribution in [0.25, 0.3) is 10.8 Å². The average molecular weight is 699 g/mol. The summed E-state index contributed by atoms with van der Waals surface area (Å²) in [6, 6.07) is 14.7. The molecule has 10 nitrogen and oxygen atoms in total. The van der Waals surface area contributed by atoms with E-state index in [1.165, 1.54) is 12.8 Å². The highest BCUT2D eigenvalue weighted by atomic mass is 35.5. The smallest absolute Gasteiger partial charge is 0.318 e. The minimum absolute atomic E-state index is 0.0613. The van der Waals surface area contributed by atoms with Crippen LogP contribution in [0.3, 0.4) is 0 Å². The fourth-order valence-electron chi connectivity index (χ4n) is 8.79. The number of hydrogen-bond acceptors (Lipinski definition) is 9. The van der Waals surface area contributed by atoms with Crippen LogP contribution in [-0.4, -0.2) is 114 Å². The van der Waals surface area contributed by atoms with Gasteiger partial charge in [-0.25, -0.2) is 4.39 Å². The number of rotatable bonds is 9. The van der Waals surface area contributed by atoms with E-state index in [0.29, 0.717) is 58.4 Å². The predicted molar refractivity (Wildman–Crippen MR) is 192 cm³/mol. The molecule has 0 aliphatic carbocycles. The molecule has 5 aliphatic heterocycles. The monoisotopic (exact) mass is 698 g/mol. The molecule has 1 aromatic heterocycles. The van der Waals surface area contributed by atoms with Crippen LogP contribution in [-0.2, 0) is 17.8 Å². The number of benzene rings is 2. The summed E-state index contributed by atoms with van der Waals surface area (Å²) in [5, 5.41) is 12.6. The van der Waals surface area contributed by atoms with Crippen LogP contribution in [0, 0.1) is 11.3 Å². The predicted octanol–water partition coefficient (Wildman–Crippen LogP) is 4.99. The van der Waals surface area contributed by atoms with E-state index in [9.17, 15) is 14.4 Å². The lowest BCUT2D eigenvalue weighted by molar-refractivity contribution is -0.128. The molecule has 0 unspecified atom stereocenters. The number of likely N-dealkylation sites (tertiary alicyclic amines) is 1. The van der Waals surface area contributed by atoms with Crippen molar-refractivity contribution in [2.24, 2.45) is 0 Å². The van der Waals surface area contributed by atoms with E-state index in [1.54, 1.807) is 17.1 Å². The summed E-state index contributed by atoms with van der Waals surface area (Å²) in [5.41, 5.74) is 3.18. The number of hydrogen-bond donors (Lipinski definition) is 0. The van der Waals surface area contributed by atoms with Crippen molar-refractivity contribution in [3.8, 4) is 12.1 Å². The Morgan fingerprint density at radius 1 is 1.04 bits per heavy atom. The molecule has 3 aromatic rings. The Balaban J connectivity index is 1.07. The molecule has 50 heavy (non-hydrogen) atoms. The van der Waals surface area contributed by atoms with Gasteiger partial charge in [-0.1, -0.05) is 41.9 Å². The molecular formula is C38H44ClFN8O2. The first kappa shape index (κ1) is 33.2. The van der Waals surface area contributed by atoms with Crippen molar-refractivity contribution in [3.05, 3.63) is 64.8 Å². The zero-order chi connectivity index (χ0) is 34.2. The number of ether oxygens (including phenoxy) is 1. The third-order valence-electron chi connectivity index (χ3n) is 11.4. The molecule has 0 radical (unpaired) electrons. The average Bonchev–Trinajstić information content (AvgIpc) is 3.70. The van der Waals surface area contributed by atoms with Crippen LogP contribution in [0.15, 0.2) is 48.6 Å². The van der Waals surface area contributed by atoms with Gasteiger partial charge in [-0.15, -0.1) is 0 Å². The van der Waals surface area contributed by atoms with E-state index in [-0.39, 0.29) is 23.9 Å². The topological polar surface area (TPSA) is 92.1 Å². The van der Waals surface area contributed by atoms with Gasteiger partial charge in [0.05, 0.1) is 41.3 Å². The Hall–Kier alpha value is -3.98. The molecule has 0 spiro atoms. The number of alkyl halides is 1. The molecular weight excluding hydrogens is 655 g/mol. The minimum atomic E-state index is -0.773. The van der Waals surface area contributed by atoms with Gasteiger partial charge >= 0.3 is 6.01 Å². The van der Waals surface area contributed by atoms with Crippen LogP contribution in [0.4, 0.5) is 15.9 Å². The molecule has 12 heteroatoms. The summed E-state index contributed by atoms with van der Waals surface area (Å²) < 4.78 is 19.8. The molecule has 8 rings (SSSR count). The molecule has 6 heterocycles. The van der Waals surface area contributed by atoms with E-state index in [4.69, 9.17) is 26.3 Å². The second-order valence-corrected chi connectivity index (χ2v) is 14.9. The summed E-state index contributed by atoms with van der Waals surface area (Å²) in [7, 11) is 0. The Labute approximate surface area is 298 Å². The summed E-state index contributed by atoms with van der Waals surface area (Å²) in [5.74, 6) is 0.731. The van der Waals surface area contributed by atoms with E-state index in [0.717, 1.165) is 77.5 Å². The van der Waals surface area contributed by atoms with E-state index < -0.39 is 6.17 Å². The summed E-state index contributed by atoms with van der Waals surface area (Å²) in [4.78, 5) is 34.4. The molecule has 0 bridgehead atoms. The van der Waals surface area contributed by atoms with Gasteiger partial charge in [0.2, 0.25) is 5.91 Å². The molecule has 262 valence electrons. The van der Waals surface area contributed by atoms with Gasteiger partial charge in [-0.05, 0) is 62.7 Å². The Morgan fingerprint density at radius 2 is 1.84 bits per heavy atom. The lowest BCUT2D eigenvalue weighted by Crippen LogP contribution is -2.55. The van der Waals surface area contributed by atoms with Crippen LogP contribution < -0.4 is 14.5 Å². The van der Waals surface area contributed by atoms with Crippen molar-refractivity contribution < 1.29 is 13.9 Å². The summed E-state index contributed by atoms with van der Waals surface area (Å²) >= 11 is 6.76. The number of nitriles is 1. The molecule has 5 aliphatic rings. The summed E-state index contributed by atoms with van der Waals surface area (Å²) in [6.45, 7) is 7.10. The van der Waals surface area contributed by atoms with E-state index in [1.807, 2.05) is 17.0 Å². The standard InChI is InChI=1S/C38H44ClFN8O2/c39-31-8-1-6-27-7-2-9-33(35(27)31)45-19-12-30-32(25-45)42-37(50-26-38-13-4-17-47(38)18-5-14-38)43-36(30)46-20-21-48(29(24-46)11-15-41)34(49)10-3-16-44-22-28(40)23-44/h1-3,6-10,28-29H,4-5,11-14,16-26H2/b10-3+/t29-/m0/s1. The third kappa shape index (κ3) is 6.38. The largest absolute Gasteiger partial charge is 0.461 e. The quantitative estimate of drug-likeness (QED) is 0.287. The van der Waals surface area contributed by atoms with Crippen molar-refractivity contribution in [1.29, 1.82) is 5.26 Å². The van der Waals surface area contributed by atoms with Gasteiger partial charge in [0.25, 0.3) is 0 Å². The number of carbonyl (C=O) groups is 1. The second-order valence-electron chi connectivity index (χ2n) is 14.5. The van der Waals surface area contributed by atoms with Crippen molar-refractivity contribution in [1.82, 2.24) is 24.7 Å². The molecule has 1 atom stereocenters. The number of anilines is 2. The first-order chi connectivity index (χ1) is 24.4. The van der Waals surface area contributed by atoms with E-state index in [2.05, 4.69) is 45.0 Å². The number of piperazine rings is 1. The number of aromatic nitrogens is 2. The maximum Gasteiger partial charge on any atom is 0.318 e. The zero-order valence-electron chi connectivity index (χ0n) is 28.4. The van der Waals surface area contributed by atoms with Crippen molar-refractivity contribution in [2.45, 2.75) is 62.8 Å². The summed E-state index contributed by atoms with van der Waals surface area (Å²) in [6.07, 6.45) is 8.22. The highest BCUT2D eigenvalue weighted by Crippen LogP contribution is 2.40. The number of carbonyl (C=O) groups excluding carboxylic acids is 1. The van der Waals surface area contributed by atoms with Gasteiger partial charge in [-0.2, -0.15) is 15.2 Å². The van der Waals surface area contributed by atoms with Gasteiger partial charge in [0, 0.05) is 68.5 Å². The van der Waals surface area contributed by atoms with Crippen LogP contribution >= 0.6 is 11.6 Å². The van der Waals surface area contributed by atoms with Crippen molar-refractivity contribution in [3.63, 3.8) is 0 Å². The van der Waals surface area contributed by atoms with Gasteiger partial charge in [0.15, 0.2) is 0 Å². The SMILES string of the molecule is N#CC[C@H]1CN(c2nc(OCC34CCCN3CCC4)nc3c2CCN(c2cccc4cccc(Cl)c24)C3)CCN1C(=O)/C=C/CN1CC(F)C1. The number of fused-ring (bicyclic) bond motifs is 3. The fourth-order valence-corrected chi connectivity index (χ4v) is 9.07. The molecule has 4 fully saturated rings. The maximum atomic E-state index is 13.3. The normalized spacial score (nSPS) is 22.5. The molecule has 0 saturated carbocycles. The van der Waals surface area contributed by atoms with Crippen molar-refractivity contribution in [2.75, 3.05) is 75.3 Å². The Bertz CT molecular complexity index is 1810. The van der Waals surface area contributed by atoms with Crippen LogP contribution in [0.5, 0.6) is 6.01 Å². The van der Waals surface area contributed by atoms with Gasteiger partial charge in [-0.3, -0.25) is 14.6 Å². The zero-order valence-corrected chi connectivity index (χ0v) is 29.2. The number of amides is 1. The fraction of sp³-hybridized carbons (Fsp3) is 0.526. The Kier molecular flexibility index (Phi) is 9.27. The highest BCUT2D eigenvalue weighted by molar-refractivity contribution is 6.36. The first-order valence-corrected chi connectivity index (χ1v) is 18.4. The Morgan fingerprint density at radius 3 is 2.62 bits per heavy atom. The van der Waals surface area contributed by atoms with Gasteiger partial charge < -0.3 is 19.4 Å². The molecule has 2 aromatic carbocycles. The molecule has 1 amide bonds. The number of halogens is 2. The maximum absolute atomic E-state index is 13.3. The van der Waals surface area contributed by atoms with Gasteiger partial charge in [0.1, 0.15) is 18.6 Å². The van der Waals surface area contributed by atoms with Crippen LogP contribution in [0.2, 0.25) is 5.02 Å². The van der Waals surface area contributed by atoms with Crippen molar-refractivity contribution >= 4 is 39.8 Å². The molecule has 0 N–H and O–H groups in total. The first-order valence-electron chi connectivity index (χ1n) is 18.1. The second kappa shape index (κ2) is 14.0. The van der Waals surface area contributed by atoms with E-state index >= 15 is 0 Å². The number of nitrogens with zero attached hydrogens (tertiary/aromatic N) is 8. The third-order valence-corrected chi connectivity index (χ3v) is 11.7. The molecule has 4 saturated heterocycles. The van der Waals surface area contributed by atoms with Crippen LogP contribution in [0.1, 0.15) is 43.4 Å². The lowest BCUT2D eigenvalue weighted by Gasteiger charge is -2.42. The minimum Gasteiger partial charge on any atom is -0.461 e. The highest BCUT2D eigenvalue weighted by Gasteiger charge is 2.45. The lowest BCUT2D eigenvalue weighted by atomic mass is 9.95.